The van der Waals surface area contributed by atoms with Gasteiger partial charge in [-0.2, -0.15) is 5.10 Å². The average Bonchev–Trinajstić information content (AvgIpc) is 3.15. The largest absolute Gasteiger partial charge is 0.497 e. The topological polar surface area (TPSA) is 68.2 Å². The van der Waals surface area contributed by atoms with Crippen LogP contribution in [0.4, 0.5) is 16.2 Å². The van der Waals surface area contributed by atoms with Crippen molar-refractivity contribution in [1.82, 2.24) is 9.78 Å². The molecule has 4 rings (SSSR count). The molecule has 4 aromatic rings. The Bertz CT molecular complexity index is 1110. The van der Waals surface area contributed by atoms with Crippen molar-refractivity contribution in [2.24, 2.45) is 0 Å². The van der Waals surface area contributed by atoms with Gasteiger partial charge in [-0.3, -0.25) is 4.68 Å². The highest BCUT2D eigenvalue weighted by atomic mass is 16.5. The Morgan fingerprint density at radius 2 is 1.86 bits per heavy atom. The molecule has 2 amide bonds. The molecule has 6 heteroatoms. The second-order valence-electron chi connectivity index (χ2n) is 6.38. The number of benzene rings is 3. The van der Waals surface area contributed by atoms with Gasteiger partial charge >= 0.3 is 6.03 Å². The average molecular weight is 372 g/mol. The summed E-state index contributed by atoms with van der Waals surface area (Å²) >= 11 is 0. The van der Waals surface area contributed by atoms with Gasteiger partial charge in [-0.15, -0.1) is 0 Å². The molecule has 2 N–H and O–H groups in total. The molecule has 0 spiro atoms. The molecular weight excluding hydrogens is 352 g/mol. The van der Waals surface area contributed by atoms with E-state index in [0.717, 1.165) is 27.8 Å². The minimum Gasteiger partial charge on any atom is -0.497 e. The van der Waals surface area contributed by atoms with Crippen LogP contribution in [0.3, 0.4) is 0 Å². The highest BCUT2D eigenvalue weighted by Gasteiger charge is 2.08. The maximum Gasteiger partial charge on any atom is 0.323 e. The molecule has 0 bridgehead atoms. The van der Waals surface area contributed by atoms with Crippen LogP contribution in [-0.4, -0.2) is 22.9 Å². The number of hydrogen-bond acceptors (Lipinski definition) is 3. The molecule has 140 valence electrons. The lowest BCUT2D eigenvalue weighted by atomic mass is 10.1. The molecule has 3 aromatic carbocycles. The molecule has 28 heavy (non-hydrogen) atoms. The van der Waals surface area contributed by atoms with Gasteiger partial charge in [-0.25, -0.2) is 4.79 Å². The number of hydrogen-bond donors (Lipinski definition) is 2. The molecule has 0 fully saturated rings. The van der Waals surface area contributed by atoms with E-state index in [-0.39, 0.29) is 6.03 Å². The van der Waals surface area contributed by atoms with Crippen LogP contribution in [0.5, 0.6) is 5.75 Å². The lowest BCUT2D eigenvalue weighted by Gasteiger charge is -2.09. The van der Waals surface area contributed by atoms with Gasteiger partial charge in [-0.1, -0.05) is 48.5 Å². The van der Waals surface area contributed by atoms with Crippen LogP contribution in [0.1, 0.15) is 5.56 Å². The quantitative estimate of drug-likeness (QED) is 0.532. The monoisotopic (exact) mass is 372 g/mol. The van der Waals surface area contributed by atoms with Crippen molar-refractivity contribution in [3.63, 3.8) is 0 Å². The third-order valence-corrected chi connectivity index (χ3v) is 4.41. The van der Waals surface area contributed by atoms with Gasteiger partial charge in [0, 0.05) is 11.6 Å². The summed E-state index contributed by atoms with van der Waals surface area (Å²) in [5.74, 6) is 0.803. The second-order valence-corrected chi connectivity index (χ2v) is 6.38. The first kappa shape index (κ1) is 17.6. The van der Waals surface area contributed by atoms with Crippen LogP contribution >= 0.6 is 0 Å². The Hall–Kier alpha value is -3.80. The van der Waals surface area contributed by atoms with E-state index >= 15 is 0 Å². The molecule has 1 aromatic heterocycles. The van der Waals surface area contributed by atoms with Crippen molar-refractivity contribution >= 4 is 28.2 Å². The number of carbonyl (C=O) groups excluding carboxylic acids is 1. The van der Waals surface area contributed by atoms with Crippen LogP contribution in [0.25, 0.3) is 10.8 Å². The molecule has 0 unspecified atom stereocenters. The lowest BCUT2D eigenvalue weighted by molar-refractivity contribution is 0.262. The number of anilines is 2. The first-order valence-corrected chi connectivity index (χ1v) is 8.92. The minimum absolute atomic E-state index is 0.308. The van der Waals surface area contributed by atoms with Gasteiger partial charge in [-0.05, 0) is 29.1 Å². The van der Waals surface area contributed by atoms with Gasteiger partial charge in [0.1, 0.15) is 5.75 Å². The Morgan fingerprint density at radius 3 is 2.75 bits per heavy atom. The number of urea groups is 1. The fraction of sp³-hybridized carbons (Fsp3) is 0.0909. The molecule has 0 aliphatic rings. The molecule has 0 radical (unpaired) electrons. The predicted molar refractivity (Wildman–Crippen MR) is 111 cm³/mol. The zero-order valence-corrected chi connectivity index (χ0v) is 15.4. The van der Waals surface area contributed by atoms with E-state index in [0.29, 0.717) is 12.2 Å². The smallest absolute Gasteiger partial charge is 0.323 e. The number of ether oxygens (including phenoxy) is 1. The fourth-order valence-corrected chi connectivity index (χ4v) is 3.09. The number of rotatable bonds is 5. The van der Waals surface area contributed by atoms with Crippen LogP contribution in [-0.2, 0) is 6.54 Å². The molecule has 0 saturated carbocycles. The fourth-order valence-electron chi connectivity index (χ4n) is 3.09. The first-order chi connectivity index (χ1) is 13.7. The van der Waals surface area contributed by atoms with E-state index in [9.17, 15) is 4.79 Å². The zero-order chi connectivity index (χ0) is 19.3. The number of nitrogens with one attached hydrogen (secondary N) is 2. The van der Waals surface area contributed by atoms with E-state index in [1.165, 1.54) is 0 Å². The van der Waals surface area contributed by atoms with E-state index in [1.807, 2.05) is 66.7 Å². The van der Waals surface area contributed by atoms with Crippen molar-refractivity contribution in [3.8, 4) is 5.75 Å². The van der Waals surface area contributed by atoms with Crippen LogP contribution in [0, 0.1) is 0 Å². The lowest BCUT2D eigenvalue weighted by Crippen LogP contribution is -2.19. The number of fused-ring (bicyclic) bond motifs is 1. The van der Waals surface area contributed by atoms with Gasteiger partial charge in [0.25, 0.3) is 0 Å². The van der Waals surface area contributed by atoms with E-state index in [1.54, 1.807) is 24.2 Å². The maximum absolute atomic E-state index is 12.4. The number of aromatic nitrogens is 2. The van der Waals surface area contributed by atoms with Gasteiger partial charge in [0.05, 0.1) is 31.2 Å². The molecule has 1 heterocycles. The highest BCUT2D eigenvalue weighted by Crippen LogP contribution is 2.23. The number of methoxy groups -OCH3 is 1. The van der Waals surface area contributed by atoms with Crippen molar-refractivity contribution < 1.29 is 9.53 Å². The van der Waals surface area contributed by atoms with Crippen molar-refractivity contribution in [1.29, 1.82) is 0 Å². The summed E-state index contributed by atoms with van der Waals surface area (Å²) in [5.41, 5.74) is 2.45. The molecular formula is C22H20N4O2. The summed E-state index contributed by atoms with van der Waals surface area (Å²) in [7, 11) is 1.64. The molecule has 6 nitrogen and oxygen atoms in total. The molecule has 0 aliphatic carbocycles. The third kappa shape index (κ3) is 3.96. The van der Waals surface area contributed by atoms with Crippen molar-refractivity contribution in [3.05, 3.63) is 84.7 Å². The SMILES string of the molecule is COc1cccc(Cn2cc(NC(=O)Nc3cccc4ccccc34)cn2)c1. The standard InChI is InChI=1S/C22H20N4O2/c1-28-19-9-4-6-16(12-19)14-26-15-18(13-23-26)24-22(27)25-21-11-5-8-17-7-2-3-10-20(17)21/h2-13,15H,14H2,1H3,(H2,24,25,27). The summed E-state index contributed by atoms with van der Waals surface area (Å²) in [6.07, 6.45) is 3.42. The van der Waals surface area contributed by atoms with Crippen molar-refractivity contribution in [2.75, 3.05) is 17.7 Å². The van der Waals surface area contributed by atoms with E-state index < -0.39 is 0 Å². The van der Waals surface area contributed by atoms with Crippen LogP contribution < -0.4 is 15.4 Å². The first-order valence-electron chi connectivity index (χ1n) is 8.92. The Labute approximate surface area is 162 Å². The van der Waals surface area contributed by atoms with Crippen LogP contribution in [0.2, 0.25) is 0 Å². The predicted octanol–water partition coefficient (Wildman–Crippen LogP) is 4.74. The zero-order valence-electron chi connectivity index (χ0n) is 15.4. The summed E-state index contributed by atoms with van der Waals surface area (Å²) in [5, 5.41) is 12.1. The molecule has 0 saturated heterocycles. The second kappa shape index (κ2) is 7.84. The van der Waals surface area contributed by atoms with E-state index in [4.69, 9.17) is 4.74 Å². The van der Waals surface area contributed by atoms with Gasteiger partial charge in [0.2, 0.25) is 0 Å². The summed E-state index contributed by atoms with van der Waals surface area (Å²) in [6, 6.07) is 21.2. The van der Waals surface area contributed by atoms with Gasteiger partial charge in [0.15, 0.2) is 0 Å². The minimum atomic E-state index is -0.308. The number of nitrogens with zero attached hydrogens (tertiary/aromatic N) is 2. The Balaban J connectivity index is 1.42. The summed E-state index contributed by atoms with van der Waals surface area (Å²) < 4.78 is 7.01. The molecule has 0 atom stereocenters. The summed E-state index contributed by atoms with van der Waals surface area (Å²) in [6.45, 7) is 0.587. The number of carbonyl (C=O) groups is 1. The third-order valence-electron chi connectivity index (χ3n) is 4.41. The maximum atomic E-state index is 12.4. The Morgan fingerprint density at radius 1 is 1.04 bits per heavy atom. The van der Waals surface area contributed by atoms with Crippen molar-refractivity contribution in [2.45, 2.75) is 6.54 Å². The number of amides is 2. The summed E-state index contributed by atoms with van der Waals surface area (Å²) in [4.78, 5) is 12.4. The normalized spacial score (nSPS) is 10.6. The van der Waals surface area contributed by atoms with Gasteiger partial charge < -0.3 is 15.4 Å². The van der Waals surface area contributed by atoms with Crippen LogP contribution in [0.15, 0.2) is 79.1 Å². The Kier molecular flexibility index (Phi) is 4.93. The molecule has 0 aliphatic heterocycles. The van der Waals surface area contributed by atoms with E-state index in [2.05, 4.69) is 15.7 Å². The highest BCUT2D eigenvalue weighted by molar-refractivity contribution is 6.06.